The maximum atomic E-state index is 13.0. The fourth-order valence-corrected chi connectivity index (χ4v) is 4.94. The minimum absolute atomic E-state index is 0.00218. The number of hydrogen-bond acceptors (Lipinski definition) is 6. The average Bonchev–Trinajstić information content (AvgIpc) is 3.26. The smallest absolute Gasteiger partial charge is 0.273 e. The number of H-pyrrole nitrogens is 1. The topological polar surface area (TPSA) is 92.6 Å². The first kappa shape index (κ1) is 19.4. The van der Waals surface area contributed by atoms with Gasteiger partial charge in [0.15, 0.2) is 5.82 Å². The van der Waals surface area contributed by atoms with Gasteiger partial charge in [-0.15, -0.1) is 11.3 Å². The lowest BCUT2D eigenvalue weighted by Gasteiger charge is -2.30. The van der Waals surface area contributed by atoms with E-state index in [1.54, 1.807) is 6.20 Å². The summed E-state index contributed by atoms with van der Waals surface area (Å²) in [6.07, 6.45) is 7.93. The standard InChI is InChI=1S/C23H23N7OS/c31-23(29-10-8-16(9-11-29)21-26-20(27-28-21)15-6-7-15)19-14-32-22(25-19)17-12-24-30(13-17)18-4-2-1-3-5-18/h1-5,12-16H,6-11H2,(H,26,27,28). The number of carbonyl (C=O) groups is 1. The van der Waals surface area contributed by atoms with Crippen molar-refractivity contribution in [2.45, 2.75) is 37.5 Å². The third-order valence-electron chi connectivity index (χ3n) is 6.20. The zero-order valence-electron chi connectivity index (χ0n) is 17.5. The number of likely N-dealkylation sites (tertiary alicyclic amines) is 1. The van der Waals surface area contributed by atoms with E-state index in [2.05, 4.69) is 20.3 Å². The number of nitrogens with zero attached hydrogens (tertiary/aromatic N) is 6. The Labute approximate surface area is 189 Å². The van der Waals surface area contributed by atoms with Crippen LogP contribution < -0.4 is 0 Å². The van der Waals surface area contributed by atoms with Gasteiger partial charge in [-0.05, 0) is 37.8 Å². The first-order valence-electron chi connectivity index (χ1n) is 11.0. The van der Waals surface area contributed by atoms with Crippen molar-refractivity contribution in [2.24, 2.45) is 0 Å². The van der Waals surface area contributed by atoms with Crippen molar-refractivity contribution >= 4 is 17.2 Å². The fourth-order valence-electron chi connectivity index (χ4n) is 4.17. The molecule has 2 aliphatic rings. The van der Waals surface area contributed by atoms with E-state index < -0.39 is 0 Å². The van der Waals surface area contributed by atoms with Crippen molar-refractivity contribution in [3.05, 3.63) is 65.4 Å². The quantitative estimate of drug-likeness (QED) is 0.501. The number of thiazole rings is 1. The molecule has 4 heterocycles. The molecule has 162 valence electrons. The van der Waals surface area contributed by atoms with Crippen molar-refractivity contribution in [2.75, 3.05) is 13.1 Å². The van der Waals surface area contributed by atoms with Gasteiger partial charge in [0.1, 0.15) is 16.5 Å². The highest BCUT2D eigenvalue weighted by atomic mass is 32.1. The molecule has 0 unspecified atom stereocenters. The predicted molar refractivity (Wildman–Crippen MR) is 121 cm³/mol. The van der Waals surface area contributed by atoms with Crippen LogP contribution in [-0.2, 0) is 0 Å². The summed E-state index contributed by atoms with van der Waals surface area (Å²) in [5.74, 6) is 2.83. The number of benzene rings is 1. The maximum absolute atomic E-state index is 13.0. The number of rotatable bonds is 5. The normalized spacial score (nSPS) is 17.1. The zero-order chi connectivity index (χ0) is 21.5. The molecule has 6 rings (SSSR count). The molecule has 4 aromatic rings. The molecule has 0 atom stereocenters. The van der Waals surface area contributed by atoms with E-state index >= 15 is 0 Å². The van der Waals surface area contributed by atoms with Crippen LogP contribution in [0.4, 0.5) is 0 Å². The molecule has 3 aromatic heterocycles. The summed E-state index contributed by atoms with van der Waals surface area (Å²) in [5, 5.41) is 14.6. The highest BCUT2D eigenvalue weighted by molar-refractivity contribution is 7.13. The number of aromatic amines is 1. The molecule has 9 heteroatoms. The molecule has 1 saturated carbocycles. The van der Waals surface area contributed by atoms with E-state index in [0.717, 1.165) is 40.7 Å². The van der Waals surface area contributed by atoms with E-state index in [-0.39, 0.29) is 5.91 Å². The van der Waals surface area contributed by atoms with Gasteiger partial charge in [0.2, 0.25) is 0 Å². The van der Waals surface area contributed by atoms with Gasteiger partial charge in [0.25, 0.3) is 5.91 Å². The number of nitrogens with one attached hydrogen (secondary N) is 1. The van der Waals surface area contributed by atoms with Crippen molar-refractivity contribution in [1.82, 2.24) is 34.8 Å². The molecule has 0 spiro atoms. The van der Waals surface area contributed by atoms with Crippen LogP contribution in [0.1, 0.15) is 59.7 Å². The molecule has 1 aromatic carbocycles. The van der Waals surface area contributed by atoms with E-state index in [1.807, 2.05) is 51.5 Å². The summed E-state index contributed by atoms with van der Waals surface area (Å²) >= 11 is 1.48. The van der Waals surface area contributed by atoms with Gasteiger partial charge in [0.05, 0.1) is 11.9 Å². The average molecular weight is 446 g/mol. The van der Waals surface area contributed by atoms with Gasteiger partial charge in [-0.25, -0.2) is 14.6 Å². The van der Waals surface area contributed by atoms with Crippen LogP contribution in [0.5, 0.6) is 0 Å². The molecular weight excluding hydrogens is 422 g/mol. The first-order valence-corrected chi connectivity index (χ1v) is 11.9. The third kappa shape index (κ3) is 3.73. The van der Waals surface area contributed by atoms with Crippen LogP contribution in [0.2, 0.25) is 0 Å². The molecule has 2 fully saturated rings. The Balaban J connectivity index is 1.10. The third-order valence-corrected chi connectivity index (χ3v) is 7.10. The number of piperidine rings is 1. The molecule has 0 bridgehead atoms. The molecule has 1 N–H and O–H groups in total. The Morgan fingerprint density at radius 3 is 2.62 bits per heavy atom. The highest BCUT2D eigenvalue weighted by Crippen LogP contribution is 2.38. The number of carbonyl (C=O) groups excluding carboxylic acids is 1. The summed E-state index contributed by atoms with van der Waals surface area (Å²) in [6, 6.07) is 9.95. The SMILES string of the molecule is O=C(c1csc(-c2cnn(-c3ccccc3)c2)n1)N1CCC(c2nc(C3CC3)n[nH]2)CC1. The Bertz CT molecular complexity index is 1230. The molecule has 0 radical (unpaired) electrons. The summed E-state index contributed by atoms with van der Waals surface area (Å²) in [6.45, 7) is 1.42. The van der Waals surface area contributed by atoms with Crippen LogP contribution in [0.3, 0.4) is 0 Å². The van der Waals surface area contributed by atoms with E-state index in [9.17, 15) is 4.79 Å². The van der Waals surface area contributed by atoms with Crippen LogP contribution in [0.25, 0.3) is 16.3 Å². The van der Waals surface area contributed by atoms with Crippen LogP contribution in [-0.4, -0.2) is 53.8 Å². The number of aromatic nitrogens is 6. The number of para-hydroxylation sites is 1. The van der Waals surface area contributed by atoms with E-state index in [1.165, 1.54) is 24.2 Å². The second-order valence-electron chi connectivity index (χ2n) is 8.47. The van der Waals surface area contributed by atoms with Crippen LogP contribution in [0.15, 0.2) is 48.1 Å². The van der Waals surface area contributed by atoms with Gasteiger partial charge < -0.3 is 4.90 Å². The van der Waals surface area contributed by atoms with Gasteiger partial charge in [-0.2, -0.15) is 10.2 Å². The highest BCUT2D eigenvalue weighted by Gasteiger charge is 2.31. The maximum Gasteiger partial charge on any atom is 0.273 e. The Hall–Kier alpha value is -3.33. The van der Waals surface area contributed by atoms with Crippen molar-refractivity contribution in [3.63, 3.8) is 0 Å². The molecular formula is C23H23N7OS. The molecule has 32 heavy (non-hydrogen) atoms. The summed E-state index contributed by atoms with van der Waals surface area (Å²) in [7, 11) is 0. The second-order valence-corrected chi connectivity index (χ2v) is 9.32. The van der Waals surface area contributed by atoms with Gasteiger partial charge >= 0.3 is 0 Å². The molecule has 1 amide bonds. The lowest BCUT2D eigenvalue weighted by molar-refractivity contribution is 0.0706. The van der Waals surface area contributed by atoms with Crippen LogP contribution in [0, 0.1) is 0 Å². The summed E-state index contributed by atoms with van der Waals surface area (Å²) in [5.41, 5.74) is 2.41. The Morgan fingerprint density at radius 1 is 1.03 bits per heavy atom. The van der Waals surface area contributed by atoms with Crippen molar-refractivity contribution in [3.8, 4) is 16.3 Å². The minimum atomic E-state index is -0.00218. The monoisotopic (exact) mass is 445 g/mol. The largest absolute Gasteiger partial charge is 0.337 e. The van der Waals surface area contributed by atoms with Gasteiger partial charge in [-0.3, -0.25) is 9.89 Å². The molecule has 1 saturated heterocycles. The number of hydrogen-bond donors (Lipinski definition) is 1. The second kappa shape index (κ2) is 7.98. The minimum Gasteiger partial charge on any atom is -0.337 e. The summed E-state index contributed by atoms with van der Waals surface area (Å²) < 4.78 is 1.82. The van der Waals surface area contributed by atoms with Crippen LogP contribution >= 0.6 is 11.3 Å². The lowest BCUT2D eigenvalue weighted by atomic mass is 9.96. The lowest BCUT2D eigenvalue weighted by Crippen LogP contribution is -2.38. The molecule has 1 aliphatic carbocycles. The van der Waals surface area contributed by atoms with E-state index in [4.69, 9.17) is 4.98 Å². The zero-order valence-corrected chi connectivity index (χ0v) is 18.3. The van der Waals surface area contributed by atoms with Gasteiger partial charge in [0, 0.05) is 42.1 Å². The predicted octanol–water partition coefficient (Wildman–Crippen LogP) is 4.01. The molecule has 1 aliphatic heterocycles. The fraction of sp³-hybridized carbons (Fsp3) is 0.348. The van der Waals surface area contributed by atoms with Crippen molar-refractivity contribution in [1.29, 1.82) is 0 Å². The Kier molecular flexibility index (Phi) is 4.83. The van der Waals surface area contributed by atoms with Gasteiger partial charge in [-0.1, -0.05) is 18.2 Å². The summed E-state index contributed by atoms with van der Waals surface area (Å²) in [4.78, 5) is 24.2. The van der Waals surface area contributed by atoms with E-state index in [0.29, 0.717) is 30.6 Å². The molecule has 8 nitrogen and oxygen atoms in total. The first-order chi connectivity index (χ1) is 15.7. The number of amides is 1. The van der Waals surface area contributed by atoms with Crippen molar-refractivity contribution < 1.29 is 4.79 Å². The Morgan fingerprint density at radius 2 is 1.84 bits per heavy atom.